The maximum Gasteiger partial charge on any atom is 0.217 e. The van der Waals surface area contributed by atoms with Crippen LogP contribution in [0.4, 0.5) is 5.82 Å². The van der Waals surface area contributed by atoms with Crippen molar-refractivity contribution in [3.05, 3.63) is 53.7 Å². The number of amides is 1. The molecule has 1 N–H and O–H groups in total. The van der Waals surface area contributed by atoms with Crippen LogP contribution in [0.1, 0.15) is 81.9 Å². The van der Waals surface area contributed by atoms with Crippen LogP contribution in [-0.2, 0) is 4.79 Å². The summed E-state index contributed by atoms with van der Waals surface area (Å²) in [6.07, 6.45) is 10.5. The van der Waals surface area contributed by atoms with Crippen molar-refractivity contribution in [1.82, 2.24) is 10.3 Å². The van der Waals surface area contributed by atoms with E-state index in [0.29, 0.717) is 5.92 Å². The number of pyridine rings is 1. The normalized spacial score (nSPS) is 20.1. The summed E-state index contributed by atoms with van der Waals surface area (Å²) in [5.74, 6) is 2.66. The first-order chi connectivity index (χ1) is 15.1. The molecule has 1 aromatic carbocycles. The summed E-state index contributed by atoms with van der Waals surface area (Å²) >= 11 is 0. The lowest BCUT2D eigenvalue weighted by Crippen LogP contribution is -2.26. The van der Waals surface area contributed by atoms with E-state index in [2.05, 4.69) is 47.6 Å². The Balaban J connectivity index is 1.32. The summed E-state index contributed by atoms with van der Waals surface area (Å²) < 4.78 is 6.25. The zero-order chi connectivity index (χ0) is 21.6. The van der Waals surface area contributed by atoms with Crippen molar-refractivity contribution in [3.8, 4) is 5.75 Å². The first-order valence-corrected chi connectivity index (χ1v) is 11.9. The average Bonchev–Trinajstić information content (AvgIpc) is 3.46. The topological polar surface area (TPSA) is 54.5 Å². The lowest BCUT2D eigenvalue weighted by Gasteiger charge is -2.20. The molecule has 0 spiro atoms. The van der Waals surface area contributed by atoms with Gasteiger partial charge >= 0.3 is 0 Å². The highest BCUT2D eigenvalue weighted by atomic mass is 16.5. The highest BCUT2D eigenvalue weighted by Crippen LogP contribution is 2.34. The Labute approximate surface area is 186 Å². The van der Waals surface area contributed by atoms with Crippen LogP contribution >= 0.6 is 0 Å². The molecule has 31 heavy (non-hydrogen) atoms. The standard InChI is InChI=1S/C26H35N3O2/c1-3-6-25(28-19(2)30)21-9-12-23(13-10-21)31-24-15-16-29(18-24)26-14-11-22(17-27-26)20-7-4-5-8-20/h9-14,17,20,24-25H,3-8,15-16,18H2,1-2H3,(H,28,30). The Morgan fingerprint density at radius 2 is 1.94 bits per heavy atom. The lowest BCUT2D eigenvalue weighted by molar-refractivity contribution is -0.119. The van der Waals surface area contributed by atoms with Crippen molar-refractivity contribution in [2.45, 2.75) is 76.9 Å². The predicted octanol–water partition coefficient (Wildman–Crippen LogP) is 5.37. The fraction of sp³-hybridized carbons (Fsp3) is 0.538. The minimum Gasteiger partial charge on any atom is -0.489 e. The van der Waals surface area contributed by atoms with E-state index in [1.165, 1.54) is 31.2 Å². The number of aromatic nitrogens is 1. The van der Waals surface area contributed by atoms with Crippen LogP contribution in [0, 0.1) is 0 Å². The number of carbonyl (C=O) groups is 1. The fourth-order valence-corrected chi connectivity index (χ4v) is 4.95. The number of hydrogen-bond acceptors (Lipinski definition) is 4. The van der Waals surface area contributed by atoms with Crippen molar-refractivity contribution in [2.24, 2.45) is 0 Å². The Kier molecular flexibility index (Phi) is 7.10. The van der Waals surface area contributed by atoms with Gasteiger partial charge in [-0.3, -0.25) is 4.79 Å². The zero-order valence-corrected chi connectivity index (χ0v) is 18.8. The maximum atomic E-state index is 11.5. The second-order valence-electron chi connectivity index (χ2n) is 9.02. The number of ether oxygens (including phenoxy) is 1. The van der Waals surface area contributed by atoms with Crippen LogP contribution in [0.25, 0.3) is 0 Å². The van der Waals surface area contributed by atoms with Crippen LogP contribution in [-0.4, -0.2) is 30.1 Å². The number of nitrogens with one attached hydrogen (secondary N) is 1. The van der Waals surface area contributed by atoms with Gasteiger partial charge < -0.3 is 15.0 Å². The molecular weight excluding hydrogens is 386 g/mol. The molecule has 5 heteroatoms. The molecule has 1 amide bonds. The van der Waals surface area contributed by atoms with Gasteiger partial charge in [-0.1, -0.05) is 44.4 Å². The third-order valence-electron chi connectivity index (χ3n) is 6.61. The first-order valence-electron chi connectivity index (χ1n) is 11.9. The Morgan fingerprint density at radius 1 is 1.16 bits per heavy atom. The summed E-state index contributed by atoms with van der Waals surface area (Å²) in [5, 5.41) is 3.04. The molecule has 0 bridgehead atoms. The molecule has 2 unspecified atom stereocenters. The van der Waals surface area contributed by atoms with Crippen molar-refractivity contribution >= 4 is 11.7 Å². The van der Waals surface area contributed by atoms with Gasteiger partial charge in [0, 0.05) is 26.1 Å². The van der Waals surface area contributed by atoms with Crippen molar-refractivity contribution < 1.29 is 9.53 Å². The number of nitrogens with zero attached hydrogens (tertiary/aromatic N) is 2. The van der Waals surface area contributed by atoms with Gasteiger partial charge in [0.05, 0.1) is 12.6 Å². The molecule has 4 rings (SSSR count). The minimum absolute atomic E-state index is 0.00899. The van der Waals surface area contributed by atoms with E-state index in [0.717, 1.165) is 49.5 Å². The minimum atomic E-state index is 0.00899. The lowest BCUT2D eigenvalue weighted by atomic mass is 10.00. The molecule has 2 aromatic rings. The summed E-state index contributed by atoms with van der Waals surface area (Å²) in [5.41, 5.74) is 2.53. The summed E-state index contributed by atoms with van der Waals surface area (Å²) in [4.78, 5) is 18.6. The smallest absolute Gasteiger partial charge is 0.217 e. The molecule has 1 aromatic heterocycles. The molecular formula is C26H35N3O2. The Hall–Kier alpha value is -2.56. The zero-order valence-electron chi connectivity index (χ0n) is 18.8. The van der Waals surface area contributed by atoms with Crippen LogP contribution < -0.4 is 15.0 Å². The van der Waals surface area contributed by atoms with Crippen LogP contribution in [0.5, 0.6) is 5.75 Å². The molecule has 2 atom stereocenters. The van der Waals surface area contributed by atoms with Gasteiger partial charge in [0.15, 0.2) is 0 Å². The van der Waals surface area contributed by atoms with Gasteiger partial charge in [0.1, 0.15) is 17.7 Å². The molecule has 1 saturated heterocycles. The number of hydrogen-bond donors (Lipinski definition) is 1. The van der Waals surface area contributed by atoms with E-state index in [9.17, 15) is 4.79 Å². The fourth-order valence-electron chi connectivity index (χ4n) is 4.95. The summed E-state index contributed by atoms with van der Waals surface area (Å²) in [7, 11) is 0. The Morgan fingerprint density at radius 3 is 2.58 bits per heavy atom. The molecule has 166 valence electrons. The van der Waals surface area contributed by atoms with Gasteiger partial charge in [-0.2, -0.15) is 0 Å². The monoisotopic (exact) mass is 421 g/mol. The molecule has 1 saturated carbocycles. The Bertz CT molecular complexity index is 844. The predicted molar refractivity (Wildman–Crippen MR) is 125 cm³/mol. The van der Waals surface area contributed by atoms with Gasteiger partial charge in [-0.25, -0.2) is 4.98 Å². The second-order valence-corrected chi connectivity index (χ2v) is 9.02. The van der Waals surface area contributed by atoms with E-state index >= 15 is 0 Å². The SMILES string of the molecule is CCCC(NC(C)=O)c1ccc(OC2CCN(c3ccc(C4CCCC4)cn3)C2)cc1. The number of rotatable bonds is 8. The van der Waals surface area contributed by atoms with Gasteiger partial charge in [0.2, 0.25) is 5.91 Å². The molecule has 0 radical (unpaired) electrons. The number of benzene rings is 1. The molecule has 5 nitrogen and oxygen atoms in total. The van der Waals surface area contributed by atoms with Gasteiger partial charge in [-0.05, 0) is 54.5 Å². The molecule has 2 heterocycles. The van der Waals surface area contributed by atoms with Crippen molar-refractivity contribution in [2.75, 3.05) is 18.0 Å². The quantitative estimate of drug-likeness (QED) is 0.622. The van der Waals surface area contributed by atoms with E-state index in [1.54, 1.807) is 6.92 Å². The third-order valence-corrected chi connectivity index (χ3v) is 6.61. The van der Waals surface area contributed by atoms with Crippen LogP contribution in [0.3, 0.4) is 0 Å². The van der Waals surface area contributed by atoms with E-state index in [1.807, 2.05) is 12.1 Å². The van der Waals surface area contributed by atoms with E-state index in [4.69, 9.17) is 9.72 Å². The van der Waals surface area contributed by atoms with Crippen LogP contribution in [0.2, 0.25) is 0 Å². The molecule has 2 fully saturated rings. The second kappa shape index (κ2) is 10.2. The largest absolute Gasteiger partial charge is 0.489 e. The summed E-state index contributed by atoms with van der Waals surface area (Å²) in [6.45, 7) is 5.54. The van der Waals surface area contributed by atoms with E-state index < -0.39 is 0 Å². The van der Waals surface area contributed by atoms with Crippen LogP contribution in [0.15, 0.2) is 42.6 Å². The number of anilines is 1. The van der Waals surface area contributed by atoms with E-state index in [-0.39, 0.29) is 18.1 Å². The first kappa shape index (κ1) is 21.7. The molecule has 1 aliphatic carbocycles. The van der Waals surface area contributed by atoms with Crippen molar-refractivity contribution in [3.63, 3.8) is 0 Å². The van der Waals surface area contributed by atoms with Gasteiger partial charge in [0.25, 0.3) is 0 Å². The highest BCUT2D eigenvalue weighted by molar-refractivity contribution is 5.73. The highest BCUT2D eigenvalue weighted by Gasteiger charge is 2.25. The number of carbonyl (C=O) groups excluding carboxylic acids is 1. The summed E-state index contributed by atoms with van der Waals surface area (Å²) in [6, 6.07) is 12.7. The van der Waals surface area contributed by atoms with Crippen molar-refractivity contribution in [1.29, 1.82) is 0 Å². The average molecular weight is 422 g/mol. The van der Waals surface area contributed by atoms with Gasteiger partial charge in [-0.15, -0.1) is 0 Å². The molecule has 1 aliphatic heterocycles. The maximum absolute atomic E-state index is 11.5. The third kappa shape index (κ3) is 5.57. The molecule has 2 aliphatic rings.